The molecule has 1 aromatic carbocycles. The summed E-state index contributed by atoms with van der Waals surface area (Å²) in [6.45, 7) is 3.88. The fourth-order valence-electron chi connectivity index (χ4n) is 1.50. The van der Waals surface area contributed by atoms with Crippen LogP contribution in [0.4, 0.5) is 5.69 Å². The molecule has 2 rings (SSSR count). The molecule has 0 saturated heterocycles. The molecule has 19 heavy (non-hydrogen) atoms. The number of anilines is 1. The van der Waals surface area contributed by atoms with E-state index in [0.717, 1.165) is 0 Å². The normalized spacial score (nSPS) is 10.4. The second-order valence-corrected chi connectivity index (χ2v) is 4.73. The van der Waals surface area contributed by atoms with Crippen molar-refractivity contribution < 1.29 is 9.53 Å². The molecule has 0 atom stereocenters. The Kier molecular flexibility index (Phi) is 4.06. The number of aryl methyl sites for hydroxylation is 1. The summed E-state index contributed by atoms with van der Waals surface area (Å²) in [6, 6.07) is 5.12. The number of nitrogens with two attached hydrogens (primary N) is 1. The number of benzene rings is 1. The van der Waals surface area contributed by atoms with Gasteiger partial charge in [0, 0.05) is 5.69 Å². The molecule has 0 saturated carbocycles. The van der Waals surface area contributed by atoms with Gasteiger partial charge in [0.25, 0.3) is 0 Å². The molecule has 0 radical (unpaired) electrons. The van der Waals surface area contributed by atoms with E-state index in [9.17, 15) is 4.79 Å². The van der Waals surface area contributed by atoms with Crippen molar-refractivity contribution in [2.24, 2.45) is 0 Å². The van der Waals surface area contributed by atoms with Crippen LogP contribution in [0, 0.1) is 6.92 Å². The summed E-state index contributed by atoms with van der Waals surface area (Å²) in [5.74, 6) is 0.305. The minimum Gasteiger partial charge on any atom is -0.462 e. The molecular formula is C12H14N4O2S. The minimum atomic E-state index is -0.399. The van der Waals surface area contributed by atoms with E-state index in [1.165, 1.54) is 11.8 Å². The first-order chi connectivity index (χ1) is 9.11. The molecule has 0 aliphatic heterocycles. The number of ether oxygens (including phenoxy) is 1. The Labute approximate surface area is 114 Å². The van der Waals surface area contributed by atoms with Crippen molar-refractivity contribution in [3.63, 3.8) is 0 Å². The number of aromatic amines is 1. The predicted molar refractivity (Wildman–Crippen MR) is 72.1 cm³/mol. The van der Waals surface area contributed by atoms with Gasteiger partial charge in [0.2, 0.25) is 5.16 Å². The van der Waals surface area contributed by atoms with Gasteiger partial charge in [-0.1, -0.05) is 6.07 Å². The lowest BCUT2D eigenvalue weighted by Gasteiger charge is -2.09. The van der Waals surface area contributed by atoms with Crippen LogP contribution in [0.3, 0.4) is 0 Å². The van der Waals surface area contributed by atoms with Crippen molar-refractivity contribution in [2.45, 2.75) is 23.9 Å². The van der Waals surface area contributed by atoms with Gasteiger partial charge in [-0.3, -0.25) is 5.10 Å². The minimum absolute atomic E-state index is 0.317. The van der Waals surface area contributed by atoms with Gasteiger partial charge in [-0.15, -0.1) is 5.10 Å². The lowest BCUT2D eigenvalue weighted by molar-refractivity contribution is 0.0522. The lowest BCUT2D eigenvalue weighted by Crippen LogP contribution is -2.07. The first-order valence-electron chi connectivity index (χ1n) is 5.74. The van der Waals surface area contributed by atoms with E-state index >= 15 is 0 Å². The van der Waals surface area contributed by atoms with E-state index < -0.39 is 5.97 Å². The molecule has 2 aromatic rings. The van der Waals surface area contributed by atoms with Crippen LogP contribution in [0.5, 0.6) is 0 Å². The van der Waals surface area contributed by atoms with E-state index in [4.69, 9.17) is 10.5 Å². The topological polar surface area (TPSA) is 93.9 Å². The van der Waals surface area contributed by atoms with Gasteiger partial charge in [-0.25, -0.2) is 9.78 Å². The van der Waals surface area contributed by atoms with Crippen LogP contribution in [0.2, 0.25) is 0 Å². The van der Waals surface area contributed by atoms with Gasteiger partial charge >= 0.3 is 5.97 Å². The zero-order chi connectivity index (χ0) is 13.8. The second kappa shape index (κ2) is 5.75. The van der Waals surface area contributed by atoms with Crippen LogP contribution in [0.25, 0.3) is 0 Å². The van der Waals surface area contributed by atoms with Crippen LogP contribution < -0.4 is 5.73 Å². The summed E-state index contributed by atoms with van der Waals surface area (Å²) < 4.78 is 5.01. The largest absolute Gasteiger partial charge is 0.462 e. The molecule has 0 aliphatic rings. The molecule has 0 amide bonds. The molecule has 0 aliphatic carbocycles. The maximum atomic E-state index is 11.9. The summed E-state index contributed by atoms with van der Waals surface area (Å²) in [5, 5.41) is 7.28. The quantitative estimate of drug-likeness (QED) is 0.656. The Hall–Kier alpha value is -2.02. The number of hydrogen-bond acceptors (Lipinski definition) is 6. The Balaban J connectivity index is 2.35. The van der Waals surface area contributed by atoms with Crippen molar-refractivity contribution in [3.05, 3.63) is 29.6 Å². The molecule has 1 aromatic heterocycles. The van der Waals surface area contributed by atoms with Gasteiger partial charge < -0.3 is 10.5 Å². The number of nitrogens with zero attached hydrogens (tertiary/aromatic N) is 2. The molecule has 0 spiro atoms. The highest BCUT2D eigenvalue weighted by molar-refractivity contribution is 7.99. The zero-order valence-corrected chi connectivity index (χ0v) is 11.5. The first kappa shape index (κ1) is 13.4. The molecule has 0 bridgehead atoms. The fraction of sp³-hybridized carbons (Fsp3) is 0.250. The third kappa shape index (κ3) is 3.05. The number of carbonyl (C=O) groups is 1. The number of nitrogens with one attached hydrogen (secondary N) is 1. The van der Waals surface area contributed by atoms with Crippen LogP contribution in [-0.4, -0.2) is 27.8 Å². The molecule has 3 N–H and O–H groups in total. The van der Waals surface area contributed by atoms with Gasteiger partial charge in [-0.2, -0.15) is 0 Å². The zero-order valence-electron chi connectivity index (χ0n) is 10.6. The summed E-state index contributed by atoms with van der Waals surface area (Å²) in [5.41, 5.74) is 6.84. The van der Waals surface area contributed by atoms with Crippen LogP contribution >= 0.6 is 11.8 Å². The van der Waals surface area contributed by atoms with Crippen molar-refractivity contribution in [1.82, 2.24) is 15.2 Å². The van der Waals surface area contributed by atoms with E-state index in [1.807, 2.05) is 0 Å². The van der Waals surface area contributed by atoms with Gasteiger partial charge in [0.1, 0.15) is 5.82 Å². The average Bonchev–Trinajstić information content (AvgIpc) is 2.78. The molecule has 7 heteroatoms. The lowest BCUT2D eigenvalue weighted by atomic mass is 10.2. The summed E-state index contributed by atoms with van der Waals surface area (Å²) in [6.07, 6.45) is 0. The standard InChI is InChI=1S/C12H14N4O2S/c1-3-18-11(17)8-5-4-6-9(13)10(8)19-12-14-7(2)15-16-12/h4-6H,3,13H2,1-2H3,(H,14,15,16). The highest BCUT2D eigenvalue weighted by atomic mass is 32.2. The van der Waals surface area contributed by atoms with Crippen molar-refractivity contribution >= 4 is 23.4 Å². The van der Waals surface area contributed by atoms with Crippen molar-refractivity contribution in [2.75, 3.05) is 12.3 Å². The van der Waals surface area contributed by atoms with E-state index in [-0.39, 0.29) is 0 Å². The van der Waals surface area contributed by atoms with Crippen LogP contribution in [0.15, 0.2) is 28.3 Å². The van der Waals surface area contributed by atoms with Crippen molar-refractivity contribution in [1.29, 1.82) is 0 Å². The Morgan fingerprint density at radius 3 is 2.95 bits per heavy atom. The van der Waals surface area contributed by atoms with E-state index in [1.54, 1.807) is 32.0 Å². The number of aromatic nitrogens is 3. The first-order valence-corrected chi connectivity index (χ1v) is 6.56. The molecule has 6 nitrogen and oxygen atoms in total. The van der Waals surface area contributed by atoms with Crippen LogP contribution in [-0.2, 0) is 4.74 Å². The van der Waals surface area contributed by atoms with Gasteiger partial charge in [0.05, 0.1) is 17.1 Å². The second-order valence-electron chi connectivity index (χ2n) is 3.75. The maximum absolute atomic E-state index is 11.9. The Morgan fingerprint density at radius 1 is 1.53 bits per heavy atom. The summed E-state index contributed by atoms with van der Waals surface area (Å²) in [7, 11) is 0. The van der Waals surface area contributed by atoms with Gasteiger partial charge in [0.15, 0.2) is 0 Å². The Bertz CT molecular complexity index is 597. The smallest absolute Gasteiger partial charge is 0.339 e. The average molecular weight is 278 g/mol. The third-order valence-corrected chi connectivity index (χ3v) is 3.34. The number of carbonyl (C=O) groups excluding carboxylic acids is 1. The summed E-state index contributed by atoms with van der Waals surface area (Å²) >= 11 is 1.24. The predicted octanol–water partition coefficient (Wildman–Crippen LogP) is 2.02. The molecule has 0 fully saturated rings. The Morgan fingerprint density at radius 2 is 2.32 bits per heavy atom. The van der Waals surface area contributed by atoms with E-state index in [0.29, 0.717) is 33.7 Å². The molecule has 100 valence electrons. The highest BCUT2D eigenvalue weighted by Gasteiger charge is 2.17. The van der Waals surface area contributed by atoms with Crippen LogP contribution in [0.1, 0.15) is 23.1 Å². The SMILES string of the molecule is CCOC(=O)c1cccc(N)c1Sc1n[nH]c(C)n1. The molecule has 1 heterocycles. The number of hydrogen-bond donors (Lipinski definition) is 2. The number of H-pyrrole nitrogens is 1. The van der Waals surface area contributed by atoms with Crippen molar-refractivity contribution in [3.8, 4) is 0 Å². The maximum Gasteiger partial charge on any atom is 0.339 e. The number of nitrogen functional groups attached to an aromatic ring is 1. The summed E-state index contributed by atoms with van der Waals surface area (Å²) in [4.78, 5) is 16.7. The van der Waals surface area contributed by atoms with Gasteiger partial charge in [-0.05, 0) is 37.7 Å². The monoisotopic (exact) mass is 278 g/mol. The molecular weight excluding hydrogens is 264 g/mol. The number of rotatable bonds is 4. The highest BCUT2D eigenvalue weighted by Crippen LogP contribution is 2.33. The van der Waals surface area contributed by atoms with E-state index in [2.05, 4.69) is 15.2 Å². The fourth-order valence-corrected chi connectivity index (χ4v) is 2.40. The number of esters is 1. The molecule has 0 unspecified atom stereocenters. The third-order valence-electron chi connectivity index (χ3n) is 2.31.